The van der Waals surface area contributed by atoms with Crippen molar-refractivity contribution in [3.63, 3.8) is 0 Å². The molecule has 2 rings (SSSR count). The van der Waals surface area contributed by atoms with Gasteiger partial charge in [-0.05, 0) is 72.4 Å². The molecular weight excluding hydrogens is 340 g/mol. The molecule has 0 aromatic heterocycles. The minimum Gasteiger partial charge on any atom is -0.496 e. The summed E-state index contributed by atoms with van der Waals surface area (Å²) >= 11 is 3.54. The molecule has 1 saturated heterocycles. The van der Waals surface area contributed by atoms with E-state index in [2.05, 4.69) is 39.9 Å². The van der Waals surface area contributed by atoms with Crippen LogP contribution in [0, 0.1) is 5.92 Å². The molecule has 1 aliphatic heterocycles. The lowest BCUT2D eigenvalue weighted by Crippen LogP contribution is -2.39. The smallest absolute Gasteiger partial charge is 0.133 e. The molecule has 0 bridgehead atoms. The highest BCUT2D eigenvalue weighted by Crippen LogP contribution is 2.27. The third-order valence-electron chi connectivity index (χ3n) is 4.00. The summed E-state index contributed by atoms with van der Waals surface area (Å²) in [5.74, 6) is 1.58. The summed E-state index contributed by atoms with van der Waals surface area (Å²) in [5.41, 5.74) is 7.30. The first-order chi connectivity index (χ1) is 9.10. The minimum absolute atomic E-state index is 0. The molecule has 3 nitrogen and oxygen atoms in total. The monoisotopic (exact) mass is 362 g/mol. The summed E-state index contributed by atoms with van der Waals surface area (Å²) in [5, 5.41) is 0. The fourth-order valence-electron chi connectivity index (χ4n) is 2.70. The van der Waals surface area contributed by atoms with E-state index in [4.69, 9.17) is 10.5 Å². The Kier molecular flexibility index (Phi) is 7.30. The van der Waals surface area contributed by atoms with Crippen molar-refractivity contribution < 1.29 is 4.74 Å². The molecule has 0 saturated carbocycles. The lowest BCUT2D eigenvalue weighted by molar-refractivity contribution is 0.165. The summed E-state index contributed by atoms with van der Waals surface area (Å²) in [7, 11) is 1.69. The predicted molar refractivity (Wildman–Crippen MR) is 89.6 cm³/mol. The van der Waals surface area contributed by atoms with Gasteiger partial charge in [0, 0.05) is 12.6 Å². The van der Waals surface area contributed by atoms with Gasteiger partial charge in [0.1, 0.15) is 5.75 Å². The van der Waals surface area contributed by atoms with E-state index in [1.165, 1.54) is 18.4 Å². The van der Waals surface area contributed by atoms with Gasteiger partial charge in [0.25, 0.3) is 0 Å². The molecule has 2 N–H and O–H groups in total. The molecule has 5 heteroatoms. The van der Waals surface area contributed by atoms with Crippen LogP contribution in [-0.2, 0) is 6.54 Å². The van der Waals surface area contributed by atoms with E-state index >= 15 is 0 Å². The second-order valence-corrected chi connectivity index (χ2v) is 6.30. The lowest BCUT2D eigenvalue weighted by Gasteiger charge is -2.33. The van der Waals surface area contributed by atoms with E-state index in [0.29, 0.717) is 12.0 Å². The van der Waals surface area contributed by atoms with Crippen LogP contribution in [0.25, 0.3) is 0 Å². The van der Waals surface area contributed by atoms with Gasteiger partial charge in [-0.15, -0.1) is 12.4 Å². The van der Waals surface area contributed by atoms with Gasteiger partial charge in [-0.25, -0.2) is 0 Å². The first kappa shape index (κ1) is 17.8. The van der Waals surface area contributed by atoms with Crippen LogP contribution in [0.3, 0.4) is 0 Å². The molecule has 0 amide bonds. The number of nitrogens with two attached hydrogens (primary N) is 1. The highest BCUT2D eigenvalue weighted by Gasteiger charge is 2.21. The SMILES string of the molecule is COc1ccc(CN2CCC(C(C)N)CC2)cc1Br.Cl. The molecule has 20 heavy (non-hydrogen) atoms. The summed E-state index contributed by atoms with van der Waals surface area (Å²) < 4.78 is 6.28. The van der Waals surface area contributed by atoms with Gasteiger partial charge >= 0.3 is 0 Å². The molecule has 1 aliphatic rings. The highest BCUT2D eigenvalue weighted by atomic mass is 79.9. The largest absolute Gasteiger partial charge is 0.496 e. The van der Waals surface area contributed by atoms with Crippen LogP contribution < -0.4 is 10.5 Å². The van der Waals surface area contributed by atoms with E-state index in [0.717, 1.165) is 29.9 Å². The molecule has 1 atom stereocenters. The van der Waals surface area contributed by atoms with E-state index in [1.54, 1.807) is 7.11 Å². The Morgan fingerprint density at radius 3 is 2.55 bits per heavy atom. The normalized spacial score (nSPS) is 18.4. The summed E-state index contributed by atoms with van der Waals surface area (Å²) in [6.07, 6.45) is 2.43. The molecule has 1 aromatic carbocycles. The quantitative estimate of drug-likeness (QED) is 0.890. The van der Waals surface area contributed by atoms with Crippen molar-refractivity contribution in [2.75, 3.05) is 20.2 Å². The van der Waals surface area contributed by atoms with Crippen molar-refractivity contribution in [2.24, 2.45) is 11.7 Å². The van der Waals surface area contributed by atoms with Crippen LogP contribution in [0.4, 0.5) is 0 Å². The van der Waals surface area contributed by atoms with E-state index in [-0.39, 0.29) is 12.4 Å². The minimum atomic E-state index is 0. The zero-order valence-electron chi connectivity index (χ0n) is 12.1. The van der Waals surface area contributed by atoms with Crippen LogP contribution in [0.1, 0.15) is 25.3 Å². The first-order valence-corrected chi connectivity index (χ1v) is 7.70. The molecular formula is C15H24BrClN2O. The van der Waals surface area contributed by atoms with E-state index < -0.39 is 0 Å². The maximum Gasteiger partial charge on any atom is 0.133 e. The molecule has 114 valence electrons. The highest BCUT2D eigenvalue weighted by molar-refractivity contribution is 9.10. The number of methoxy groups -OCH3 is 1. The van der Waals surface area contributed by atoms with Crippen molar-refractivity contribution in [2.45, 2.75) is 32.4 Å². The first-order valence-electron chi connectivity index (χ1n) is 6.90. The Hall–Kier alpha value is -0.290. The predicted octanol–water partition coefficient (Wildman–Crippen LogP) is 3.44. The van der Waals surface area contributed by atoms with Gasteiger partial charge in [0.2, 0.25) is 0 Å². The Morgan fingerprint density at radius 2 is 2.05 bits per heavy atom. The van der Waals surface area contributed by atoms with E-state index in [1.807, 2.05) is 6.07 Å². The summed E-state index contributed by atoms with van der Waals surface area (Å²) in [4.78, 5) is 2.51. The van der Waals surface area contributed by atoms with Crippen molar-refractivity contribution in [1.82, 2.24) is 4.90 Å². The topological polar surface area (TPSA) is 38.5 Å². The van der Waals surface area contributed by atoms with Crippen molar-refractivity contribution in [3.05, 3.63) is 28.2 Å². The van der Waals surface area contributed by atoms with Crippen LogP contribution >= 0.6 is 28.3 Å². The number of piperidine rings is 1. The van der Waals surface area contributed by atoms with Gasteiger partial charge in [0.15, 0.2) is 0 Å². The number of ether oxygens (including phenoxy) is 1. The third kappa shape index (κ3) is 4.62. The van der Waals surface area contributed by atoms with Crippen LogP contribution in [0.5, 0.6) is 5.75 Å². The van der Waals surface area contributed by atoms with Gasteiger partial charge in [-0.1, -0.05) is 6.07 Å². The van der Waals surface area contributed by atoms with Gasteiger partial charge in [-0.3, -0.25) is 4.90 Å². The number of halogens is 2. The van der Waals surface area contributed by atoms with Crippen LogP contribution in [-0.4, -0.2) is 31.1 Å². The van der Waals surface area contributed by atoms with Crippen molar-refractivity contribution in [1.29, 1.82) is 0 Å². The zero-order valence-corrected chi connectivity index (χ0v) is 14.5. The molecule has 1 unspecified atom stereocenters. The molecule has 1 fully saturated rings. The Labute approximate surface area is 136 Å². The third-order valence-corrected chi connectivity index (χ3v) is 4.62. The lowest BCUT2D eigenvalue weighted by atomic mass is 9.91. The number of rotatable bonds is 4. The zero-order chi connectivity index (χ0) is 13.8. The number of hydrogen-bond donors (Lipinski definition) is 1. The fourth-order valence-corrected chi connectivity index (χ4v) is 3.29. The molecule has 1 heterocycles. The van der Waals surface area contributed by atoms with Crippen LogP contribution in [0.15, 0.2) is 22.7 Å². The maximum atomic E-state index is 5.98. The van der Waals surface area contributed by atoms with Crippen molar-refractivity contribution >= 4 is 28.3 Å². The fraction of sp³-hybridized carbons (Fsp3) is 0.600. The van der Waals surface area contributed by atoms with Gasteiger partial charge in [0.05, 0.1) is 11.6 Å². The average molecular weight is 364 g/mol. The van der Waals surface area contributed by atoms with Gasteiger partial charge in [-0.2, -0.15) is 0 Å². The molecule has 0 radical (unpaired) electrons. The molecule has 0 aliphatic carbocycles. The Bertz CT molecular complexity index is 420. The Balaban J connectivity index is 0.00000200. The second kappa shape index (κ2) is 8.23. The van der Waals surface area contributed by atoms with Crippen LogP contribution in [0.2, 0.25) is 0 Å². The number of hydrogen-bond acceptors (Lipinski definition) is 3. The summed E-state index contributed by atoms with van der Waals surface area (Å²) in [6, 6.07) is 6.64. The standard InChI is InChI=1S/C15H23BrN2O.ClH/c1-11(17)13-5-7-18(8-6-13)10-12-3-4-15(19-2)14(16)9-12;/h3-4,9,11,13H,5-8,10,17H2,1-2H3;1H. The molecule has 1 aromatic rings. The van der Waals surface area contributed by atoms with Gasteiger partial charge < -0.3 is 10.5 Å². The molecule has 0 spiro atoms. The maximum absolute atomic E-state index is 5.98. The number of likely N-dealkylation sites (tertiary alicyclic amines) is 1. The number of benzene rings is 1. The summed E-state index contributed by atoms with van der Waals surface area (Å²) in [6.45, 7) is 5.43. The Morgan fingerprint density at radius 1 is 1.40 bits per heavy atom. The number of nitrogens with zero attached hydrogens (tertiary/aromatic N) is 1. The van der Waals surface area contributed by atoms with E-state index in [9.17, 15) is 0 Å². The second-order valence-electron chi connectivity index (χ2n) is 5.44. The average Bonchev–Trinajstić information content (AvgIpc) is 2.39. The van der Waals surface area contributed by atoms with Crippen molar-refractivity contribution in [3.8, 4) is 5.75 Å².